The first kappa shape index (κ1) is 20.1. The molecule has 154 valence electrons. The Hall–Kier alpha value is -2.21. The summed E-state index contributed by atoms with van der Waals surface area (Å²) in [6, 6.07) is 11.8. The van der Waals surface area contributed by atoms with Crippen LogP contribution in [0, 0.1) is 11.3 Å². The molecule has 0 spiro atoms. The second-order valence-corrected chi connectivity index (χ2v) is 9.85. The van der Waals surface area contributed by atoms with Crippen LogP contribution in [-0.4, -0.2) is 61.3 Å². The van der Waals surface area contributed by atoms with Crippen molar-refractivity contribution in [2.45, 2.75) is 38.1 Å². The number of piperazine rings is 1. The first-order chi connectivity index (χ1) is 14.0. The first-order valence-electron chi connectivity index (χ1n) is 10.3. The van der Waals surface area contributed by atoms with Gasteiger partial charge < -0.3 is 4.90 Å². The van der Waals surface area contributed by atoms with Gasteiger partial charge in [0.25, 0.3) is 10.2 Å². The maximum atomic E-state index is 13.1. The van der Waals surface area contributed by atoms with Gasteiger partial charge in [-0.1, -0.05) is 37.5 Å². The fraction of sp³-hybridized carbons (Fsp3) is 0.524. The molecule has 0 bridgehead atoms. The molecular formula is C21H27N5O2S. The van der Waals surface area contributed by atoms with Gasteiger partial charge in [-0.2, -0.15) is 22.3 Å². The maximum absolute atomic E-state index is 13.1. The number of hydrogen-bond acceptors (Lipinski definition) is 5. The molecule has 4 rings (SSSR count). The second-order valence-electron chi connectivity index (χ2n) is 7.86. The lowest BCUT2D eigenvalue weighted by molar-refractivity contribution is 0.259. The van der Waals surface area contributed by atoms with Crippen molar-refractivity contribution in [2.75, 3.05) is 38.1 Å². The number of anilines is 1. The predicted octanol–water partition coefficient (Wildman–Crippen LogP) is 2.74. The third kappa shape index (κ3) is 3.95. The Labute approximate surface area is 172 Å². The lowest BCUT2D eigenvalue weighted by Crippen LogP contribution is -2.54. The van der Waals surface area contributed by atoms with Gasteiger partial charge in [0.1, 0.15) is 11.8 Å². The van der Waals surface area contributed by atoms with E-state index in [0.717, 1.165) is 42.3 Å². The molecule has 1 saturated heterocycles. The molecule has 2 aliphatic rings. The average Bonchev–Trinajstić information content (AvgIpc) is 2.78. The van der Waals surface area contributed by atoms with Gasteiger partial charge in [0.05, 0.1) is 5.52 Å². The Morgan fingerprint density at radius 1 is 1.10 bits per heavy atom. The highest BCUT2D eigenvalue weighted by atomic mass is 32.2. The molecule has 1 aromatic carbocycles. The van der Waals surface area contributed by atoms with Gasteiger partial charge in [-0.25, -0.2) is 4.98 Å². The number of nitrogens with zero attached hydrogens (tertiary/aromatic N) is 5. The van der Waals surface area contributed by atoms with Gasteiger partial charge in [0.2, 0.25) is 0 Å². The minimum atomic E-state index is -3.45. The topological polar surface area (TPSA) is 80.5 Å². The lowest BCUT2D eigenvalue weighted by atomic mass is 9.96. The van der Waals surface area contributed by atoms with E-state index in [1.165, 1.54) is 6.42 Å². The second kappa shape index (κ2) is 8.27. The molecule has 2 aromatic rings. The van der Waals surface area contributed by atoms with E-state index in [9.17, 15) is 13.7 Å². The van der Waals surface area contributed by atoms with E-state index in [4.69, 9.17) is 0 Å². The van der Waals surface area contributed by atoms with E-state index in [-0.39, 0.29) is 6.04 Å². The van der Waals surface area contributed by atoms with E-state index >= 15 is 0 Å². The predicted molar refractivity (Wildman–Crippen MR) is 114 cm³/mol. The molecule has 2 fully saturated rings. The van der Waals surface area contributed by atoms with Gasteiger partial charge in [-0.05, 0) is 25.0 Å². The van der Waals surface area contributed by atoms with E-state index in [1.807, 2.05) is 24.3 Å². The number of nitriles is 1. The zero-order valence-electron chi connectivity index (χ0n) is 16.8. The minimum Gasteiger partial charge on any atom is -0.368 e. The van der Waals surface area contributed by atoms with Crippen molar-refractivity contribution < 1.29 is 8.42 Å². The Morgan fingerprint density at radius 2 is 1.79 bits per heavy atom. The molecule has 1 saturated carbocycles. The fourth-order valence-electron chi connectivity index (χ4n) is 4.45. The van der Waals surface area contributed by atoms with Crippen LogP contribution in [0.3, 0.4) is 0 Å². The number of para-hydroxylation sites is 1. The van der Waals surface area contributed by atoms with Crippen molar-refractivity contribution >= 4 is 26.8 Å². The summed E-state index contributed by atoms with van der Waals surface area (Å²) in [4.78, 5) is 6.54. The Balaban J connectivity index is 1.51. The molecule has 0 N–H and O–H groups in total. The Kier molecular flexibility index (Phi) is 5.72. The zero-order valence-corrected chi connectivity index (χ0v) is 17.6. The number of aromatic nitrogens is 1. The maximum Gasteiger partial charge on any atom is 0.282 e. The zero-order chi connectivity index (χ0) is 20.4. The number of pyridine rings is 1. The SMILES string of the molecule is CN(C1CCCCC1)S(=O)(=O)N1CCN(c2cc(C#N)nc3ccccc23)CC1. The van der Waals surface area contributed by atoms with Gasteiger partial charge in [-0.15, -0.1) is 0 Å². The molecule has 1 aromatic heterocycles. The summed E-state index contributed by atoms with van der Waals surface area (Å²) in [5.74, 6) is 0. The summed E-state index contributed by atoms with van der Waals surface area (Å²) in [6.45, 7) is 2.07. The summed E-state index contributed by atoms with van der Waals surface area (Å²) < 4.78 is 29.4. The largest absolute Gasteiger partial charge is 0.368 e. The first-order valence-corrected chi connectivity index (χ1v) is 11.7. The van der Waals surface area contributed by atoms with Gasteiger partial charge in [-0.3, -0.25) is 0 Å². The van der Waals surface area contributed by atoms with Crippen molar-refractivity contribution in [3.63, 3.8) is 0 Å². The quantitative estimate of drug-likeness (QED) is 0.770. The third-order valence-corrected chi connectivity index (χ3v) is 8.21. The van der Waals surface area contributed by atoms with Crippen molar-refractivity contribution in [3.05, 3.63) is 36.0 Å². The molecule has 0 atom stereocenters. The molecule has 1 aliphatic heterocycles. The molecule has 8 heteroatoms. The van der Waals surface area contributed by atoms with Gasteiger partial charge >= 0.3 is 0 Å². The van der Waals surface area contributed by atoms with Crippen LogP contribution in [0.4, 0.5) is 5.69 Å². The third-order valence-electron chi connectivity index (χ3n) is 6.17. The van der Waals surface area contributed by atoms with Crippen LogP contribution in [0.1, 0.15) is 37.8 Å². The van der Waals surface area contributed by atoms with Crippen LogP contribution >= 0.6 is 0 Å². The van der Waals surface area contributed by atoms with Crippen LogP contribution < -0.4 is 4.90 Å². The monoisotopic (exact) mass is 413 g/mol. The molecule has 0 unspecified atom stereocenters. The van der Waals surface area contributed by atoms with Crippen LogP contribution in [-0.2, 0) is 10.2 Å². The summed E-state index contributed by atoms with van der Waals surface area (Å²) in [5.41, 5.74) is 2.12. The highest BCUT2D eigenvalue weighted by molar-refractivity contribution is 7.86. The van der Waals surface area contributed by atoms with E-state index in [2.05, 4.69) is 16.0 Å². The summed E-state index contributed by atoms with van der Waals surface area (Å²) in [6.07, 6.45) is 5.32. The van der Waals surface area contributed by atoms with Gasteiger partial charge in [0.15, 0.2) is 0 Å². The fourth-order valence-corrected chi connectivity index (χ4v) is 6.03. The van der Waals surface area contributed by atoms with Crippen molar-refractivity contribution in [1.29, 1.82) is 5.26 Å². The molecular weight excluding hydrogens is 386 g/mol. The molecule has 7 nitrogen and oxygen atoms in total. The highest BCUT2D eigenvalue weighted by Gasteiger charge is 2.34. The number of fused-ring (bicyclic) bond motifs is 1. The normalized spacial score (nSPS) is 19.6. The number of hydrogen-bond donors (Lipinski definition) is 0. The molecule has 2 heterocycles. The number of benzene rings is 1. The van der Waals surface area contributed by atoms with Crippen LogP contribution in [0.5, 0.6) is 0 Å². The van der Waals surface area contributed by atoms with E-state index in [1.54, 1.807) is 21.7 Å². The summed E-state index contributed by atoms with van der Waals surface area (Å²) in [7, 11) is -1.72. The van der Waals surface area contributed by atoms with Crippen molar-refractivity contribution in [3.8, 4) is 6.07 Å². The highest BCUT2D eigenvalue weighted by Crippen LogP contribution is 2.29. The Bertz CT molecular complexity index is 1020. The summed E-state index contributed by atoms with van der Waals surface area (Å²) >= 11 is 0. The lowest BCUT2D eigenvalue weighted by Gasteiger charge is -2.39. The van der Waals surface area contributed by atoms with Crippen molar-refractivity contribution in [1.82, 2.24) is 13.6 Å². The molecule has 0 radical (unpaired) electrons. The van der Waals surface area contributed by atoms with Crippen LogP contribution in [0.15, 0.2) is 30.3 Å². The molecule has 0 amide bonds. The molecule has 29 heavy (non-hydrogen) atoms. The van der Waals surface area contributed by atoms with E-state index < -0.39 is 10.2 Å². The smallest absolute Gasteiger partial charge is 0.282 e. The average molecular weight is 414 g/mol. The number of rotatable bonds is 4. The standard InChI is InChI=1S/C21H27N5O2S/c1-24(18-7-3-2-4-8-18)29(27,28)26-13-11-25(12-14-26)21-15-17(16-22)23-20-10-6-5-9-19(20)21/h5-6,9-10,15,18H,2-4,7-8,11-14H2,1H3. The minimum absolute atomic E-state index is 0.120. The van der Waals surface area contributed by atoms with Crippen LogP contribution in [0.25, 0.3) is 10.9 Å². The van der Waals surface area contributed by atoms with E-state index in [0.29, 0.717) is 31.9 Å². The van der Waals surface area contributed by atoms with Crippen LogP contribution in [0.2, 0.25) is 0 Å². The van der Waals surface area contributed by atoms with Crippen molar-refractivity contribution in [2.24, 2.45) is 0 Å². The summed E-state index contributed by atoms with van der Waals surface area (Å²) in [5, 5.41) is 10.3. The Morgan fingerprint density at radius 3 is 2.48 bits per heavy atom. The van der Waals surface area contributed by atoms with Gasteiger partial charge in [0, 0.05) is 50.3 Å². The molecule has 1 aliphatic carbocycles.